The molecular weight excluding hydrogens is 325 g/mol. The molecule has 0 bridgehead atoms. The molecule has 6 heteroatoms. The number of ether oxygens (including phenoxy) is 3. The van der Waals surface area contributed by atoms with Crippen molar-refractivity contribution in [3.63, 3.8) is 0 Å². The summed E-state index contributed by atoms with van der Waals surface area (Å²) >= 11 is 0. The highest BCUT2D eigenvalue weighted by Gasteiger charge is 2.19. The zero-order valence-electron chi connectivity index (χ0n) is 14.1. The highest BCUT2D eigenvalue weighted by Crippen LogP contribution is 2.32. The molecule has 1 aliphatic heterocycles. The largest absolute Gasteiger partial charge is 0.486 e. The number of amides is 1. The zero-order chi connectivity index (χ0) is 17.8. The second-order valence-electron chi connectivity index (χ2n) is 5.85. The molecule has 0 saturated carbocycles. The van der Waals surface area contributed by atoms with E-state index in [1.54, 1.807) is 6.92 Å². The third-order valence-corrected chi connectivity index (χ3v) is 3.92. The molecule has 1 amide bonds. The summed E-state index contributed by atoms with van der Waals surface area (Å²) in [6.45, 7) is 4.58. The molecule has 0 unspecified atom stereocenters. The van der Waals surface area contributed by atoms with Crippen molar-refractivity contribution >= 4 is 5.91 Å². The molecule has 0 aromatic heterocycles. The normalized spacial score (nSPS) is 15.2. The number of fused-ring (bicyclic) bond motifs is 1. The molecule has 1 N–H and O–H groups in total. The predicted octanol–water partition coefficient (Wildman–Crippen LogP) is 3.24. The van der Waals surface area contributed by atoms with Gasteiger partial charge in [0, 0.05) is 0 Å². The summed E-state index contributed by atoms with van der Waals surface area (Å²) in [5, 5.41) is 2.90. The lowest BCUT2D eigenvalue weighted by Gasteiger charge is -2.22. The Morgan fingerprint density at radius 3 is 2.48 bits per heavy atom. The first-order valence-corrected chi connectivity index (χ1v) is 8.15. The Morgan fingerprint density at radius 2 is 1.76 bits per heavy atom. The number of hydrogen-bond acceptors (Lipinski definition) is 4. The Hall–Kier alpha value is -2.76. The van der Waals surface area contributed by atoms with Gasteiger partial charge in [0.15, 0.2) is 17.6 Å². The van der Waals surface area contributed by atoms with E-state index >= 15 is 0 Å². The molecule has 2 aromatic carbocycles. The Bertz CT molecular complexity index is 748. The minimum Gasteiger partial charge on any atom is -0.486 e. The number of carbonyl (C=O) groups excluding carboxylic acids is 1. The molecule has 2 aromatic rings. The number of carbonyl (C=O) groups is 1. The van der Waals surface area contributed by atoms with Crippen molar-refractivity contribution in [1.29, 1.82) is 0 Å². The molecule has 1 heterocycles. The summed E-state index contributed by atoms with van der Waals surface area (Å²) in [7, 11) is 0. The molecule has 25 heavy (non-hydrogen) atoms. The van der Waals surface area contributed by atoms with Gasteiger partial charge in [-0.1, -0.05) is 6.07 Å². The number of benzene rings is 2. The van der Waals surface area contributed by atoms with Crippen LogP contribution in [-0.4, -0.2) is 25.2 Å². The minimum atomic E-state index is -0.704. The first kappa shape index (κ1) is 17.1. The van der Waals surface area contributed by atoms with E-state index in [0.717, 1.165) is 5.56 Å². The average Bonchev–Trinajstić information content (AvgIpc) is 2.63. The van der Waals surface area contributed by atoms with E-state index in [9.17, 15) is 9.18 Å². The van der Waals surface area contributed by atoms with E-state index in [4.69, 9.17) is 14.2 Å². The lowest BCUT2D eigenvalue weighted by molar-refractivity contribution is -0.127. The smallest absolute Gasteiger partial charge is 0.261 e. The summed E-state index contributed by atoms with van der Waals surface area (Å²) in [6, 6.07) is 10.9. The minimum absolute atomic E-state index is 0.220. The van der Waals surface area contributed by atoms with Crippen molar-refractivity contribution in [2.75, 3.05) is 13.2 Å². The van der Waals surface area contributed by atoms with E-state index in [1.807, 2.05) is 25.1 Å². The maximum atomic E-state index is 12.9. The van der Waals surface area contributed by atoms with E-state index < -0.39 is 6.10 Å². The van der Waals surface area contributed by atoms with E-state index in [1.165, 1.54) is 24.3 Å². The van der Waals surface area contributed by atoms with Gasteiger partial charge in [0.25, 0.3) is 5.91 Å². The van der Waals surface area contributed by atoms with Gasteiger partial charge in [0.2, 0.25) is 0 Å². The Kier molecular flexibility index (Phi) is 5.07. The van der Waals surface area contributed by atoms with Crippen LogP contribution in [0.1, 0.15) is 25.5 Å². The van der Waals surface area contributed by atoms with Crippen molar-refractivity contribution in [2.24, 2.45) is 0 Å². The van der Waals surface area contributed by atoms with Crippen molar-refractivity contribution < 1.29 is 23.4 Å². The number of nitrogens with one attached hydrogen (secondary N) is 1. The van der Waals surface area contributed by atoms with E-state index in [0.29, 0.717) is 30.5 Å². The Morgan fingerprint density at radius 1 is 1.08 bits per heavy atom. The van der Waals surface area contributed by atoms with Crippen LogP contribution < -0.4 is 19.5 Å². The van der Waals surface area contributed by atoms with Crippen LogP contribution in [0, 0.1) is 5.82 Å². The van der Waals surface area contributed by atoms with Gasteiger partial charge in [0.1, 0.15) is 24.8 Å². The Balaban J connectivity index is 1.60. The highest BCUT2D eigenvalue weighted by molar-refractivity contribution is 5.81. The van der Waals surface area contributed by atoms with E-state index in [2.05, 4.69) is 5.32 Å². The van der Waals surface area contributed by atoms with Crippen molar-refractivity contribution in [3.05, 3.63) is 53.8 Å². The van der Waals surface area contributed by atoms with Crippen LogP contribution in [-0.2, 0) is 4.79 Å². The van der Waals surface area contributed by atoms with Crippen LogP contribution in [0.2, 0.25) is 0 Å². The highest BCUT2D eigenvalue weighted by atomic mass is 19.1. The fourth-order valence-electron chi connectivity index (χ4n) is 2.51. The monoisotopic (exact) mass is 345 g/mol. The average molecular weight is 345 g/mol. The van der Waals surface area contributed by atoms with Crippen LogP contribution >= 0.6 is 0 Å². The maximum absolute atomic E-state index is 12.9. The van der Waals surface area contributed by atoms with Crippen molar-refractivity contribution in [1.82, 2.24) is 5.32 Å². The second kappa shape index (κ2) is 7.42. The van der Waals surface area contributed by atoms with Crippen LogP contribution in [0.4, 0.5) is 4.39 Å². The summed E-state index contributed by atoms with van der Waals surface area (Å²) in [5.74, 6) is 1.22. The predicted molar refractivity (Wildman–Crippen MR) is 90.5 cm³/mol. The van der Waals surface area contributed by atoms with Gasteiger partial charge >= 0.3 is 0 Å². The fourth-order valence-corrected chi connectivity index (χ4v) is 2.51. The fraction of sp³-hybridized carbons (Fsp3) is 0.316. The van der Waals surface area contributed by atoms with E-state index in [-0.39, 0.29) is 17.8 Å². The van der Waals surface area contributed by atoms with Gasteiger partial charge in [0.05, 0.1) is 6.04 Å². The van der Waals surface area contributed by atoms with Crippen LogP contribution in [0.15, 0.2) is 42.5 Å². The lowest BCUT2D eigenvalue weighted by atomic mass is 10.1. The molecule has 1 aliphatic rings. The van der Waals surface area contributed by atoms with Crippen LogP contribution in [0.5, 0.6) is 17.2 Å². The van der Waals surface area contributed by atoms with Gasteiger partial charge in [-0.25, -0.2) is 4.39 Å². The maximum Gasteiger partial charge on any atom is 0.261 e. The Labute approximate surface area is 145 Å². The van der Waals surface area contributed by atoms with Crippen LogP contribution in [0.3, 0.4) is 0 Å². The number of rotatable bonds is 5. The first-order valence-electron chi connectivity index (χ1n) is 8.15. The van der Waals surface area contributed by atoms with Crippen molar-refractivity contribution in [2.45, 2.75) is 26.0 Å². The summed E-state index contributed by atoms with van der Waals surface area (Å²) in [4.78, 5) is 12.3. The van der Waals surface area contributed by atoms with Gasteiger partial charge in [-0.2, -0.15) is 0 Å². The molecule has 0 aliphatic carbocycles. The standard InChI is InChI=1S/C19H20FNO4/c1-12(14-3-8-17-18(11-14)24-10-9-23-17)21-19(22)13(2)25-16-6-4-15(20)5-7-16/h3-8,11-13H,9-10H2,1-2H3,(H,21,22)/t12-,13+/m1/s1. The molecule has 0 saturated heterocycles. The molecule has 132 valence electrons. The number of halogens is 1. The number of hydrogen-bond donors (Lipinski definition) is 1. The third kappa shape index (κ3) is 4.21. The molecule has 0 radical (unpaired) electrons. The molecule has 0 spiro atoms. The van der Waals surface area contributed by atoms with Gasteiger partial charge in [-0.3, -0.25) is 4.79 Å². The van der Waals surface area contributed by atoms with Crippen molar-refractivity contribution in [3.8, 4) is 17.2 Å². The van der Waals surface area contributed by atoms with Gasteiger partial charge < -0.3 is 19.5 Å². The molecule has 0 fully saturated rings. The molecule has 2 atom stereocenters. The zero-order valence-corrected chi connectivity index (χ0v) is 14.1. The summed E-state index contributed by atoms with van der Waals surface area (Å²) in [6.07, 6.45) is -0.704. The summed E-state index contributed by atoms with van der Waals surface area (Å²) in [5.41, 5.74) is 0.909. The third-order valence-electron chi connectivity index (χ3n) is 3.92. The van der Waals surface area contributed by atoms with Gasteiger partial charge in [-0.05, 0) is 55.8 Å². The second-order valence-corrected chi connectivity index (χ2v) is 5.85. The topological polar surface area (TPSA) is 56.8 Å². The van der Waals surface area contributed by atoms with Gasteiger partial charge in [-0.15, -0.1) is 0 Å². The molecule has 3 rings (SSSR count). The lowest BCUT2D eigenvalue weighted by Crippen LogP contribution is -2.37. The molecular formula is C19H20FNO4. The molecule has 5 nitrogen and oxygen atoms in total. The first-order chi connectivity index (χ1) is 12.0. The summed E-state index contributed by atoms with van der Waals surface area (Å²) < 4.78 is 29.5. The van der Waals surface area contributed by atoms with Crippen LogP contribution in [0.25, 0.3) is 0 Å². The quantitative estimate of drug-likeness (QED) is 0.904. The SMILES string of the molecule is C[C@H](Oc1ccc(F)cc1)C(=O)N[C@H](C)c1ccc2c(c1)OCCO2.